The Labute approximate surface area is 116 Å². The lowest BCUT2D eigenvalue weighted by molar-refractivity contribution is -0.138. The minimum absolute atomic E-state index is 0.120. The van der Waals surface area contributed by atoms with E-state index in [4.69, 9.17) is 28.3 Å². The number of hydrogen-bond donors (Lipinski definition) is 1. The highest BCUT2D eigenvalue weighted by Crippen LogP contribution is 2.27. The fourth-order valence-electron chi connectivity index (χ4n) is 2.40. The summed E-state index contributed by atoms with van der Waals surface area (Å²) in [4.78, 5) is 13.0. The van der Waals surface area contributed by atoms with Gasteiger partial charge in [-0.1, -0.05) is 29.3 Å². The summed E-state index contributed by atoms with van der Waals surface area (Å²) in [5.74, 6) is -0.742. The smallest absolute Gasteiger partial charge is 0.304 e. The fraction of sp³-hybridized carbons (Fsp3) is 0.462. The maximum atomic E-state index is 10.8. The Kier molecular flexibility index (Phi) is 4.49. The molecule has 98 valence electrons. The molecule has 0 aliphatic carbocycles. The van der Waals surface area contributed by atoms with Gasteiger partial charge in [0.05, 0.1) is 6.42 Å². The molecule has 5 heteroatoms. The Morgan fingerprint density at radius 3 is 2.89 bits per heavy atom. The molecule has 1 unspecified atom stereocenters. The van der Waals surface area contributed by atoms with Gasteiger partial charge in [-0.05, 0) is 37.1 Å². The van der Waals surface area contributed by atoms with Gasteiger partial charge in [0.1, 0.15) is 0 Å². The third-order valence-electron chi connectivity index (χ3n) is 3.30. The van der Waals surface area contributed by atoms with Crippen LogP contribution in [0.15, 0.2) is 18.2 Å². The number of rotatable bonds is 4. The first-order valence-electron chi connectivity index (χ1n) is 5.96. The molecule has 1 aromatic carbocycles. The average molecular weight is 288 g/mol. The summed E-state index contributed by atoms with van der Waals surface area (Å²) in [6.45, 7) is 1.62. The van der Waals surface area contributed by atoms with Crippen molar-refractivity contribution in [3.63, 3.8) is 0 Å². The number of likely N-dealkylation sites (tertiary alicyclic amines) is 1. The maximum Gasteiger partial charge on any atom is 0.304 e. The molecular weight excluding hydrogens is 273 g/mol. The molecule has 1 aromatic rings. The maximum absolute atomic E-state index is 10.8. The van der Waals surface area contributed by atoms with E-state index in [1.807, 2.05) is 12.1 Å². The lowest BCUT2D eigenvalue weighted by atomic mass is 10.1. The Morgan fingerprint density at radius 1 is 1.44 bits per heavy atom. The molecule has 1 fully saturated rings. The van der Waals surface area contributed by atoms with Gasteiger partial charge in [0.25, 0.3) is 0 Å². The molecule has 0 amide bonds. The Balaban J connectivity index is 2.05. The number of carbonyl (C=O) groups is 1. The number of carboxylic acid groups (broad SMARTS) is 1. The van der Waals surface area contributed by atoms with Crippen LogP contribution in [0.4, 0.5) is 0 Å². The first-order valence-corrected chi connectivity index (χ1v) is 6.71. The minimum atomic E-state index is -0.742. The van der Waals surface area contributed by atoms with E-state index in [9.17, 15) is 4.79 Å². The van der Waals surface area contributed by atoms with Crippen LogP contribution in [-0.2, 0) is 11.3 Å². The lowest BCUT2D eigenvalue weighted by Crippen LogP contribution is -2.30. The Morgan fingerprint density at radius 2 is 2.22 bits per heavy atom. The predicted octanol–water partition coefficient (Wildman–Crippen LogP) is 3.43. The van der Waals surface area contributed by atoms with Gasteiger partial charge in [-0.15, -0.1) is 0 Å². The van der Waals surface area contributed by atoms with Gasteiger partial charge in [-0.2, -0.15) is 0 Å². The van der Waals surface area contributed by atoms with Gasteiger partial charge in [-0.3, -0.25) is 9.69 Å². The molecule has 3 nitrogen and oxygen atoms in total. The largest absolute Gasteiger partial charge is 0.481 e. The number of nitrogens with zero attached hydrogens (tertiary/aromatic N) is 1. The second kappa shape index (κ2) is 5.91. The van der Waals surface area contributed by atoms with E-state index in [0.29, 0.717) is 16.6 Å². The van der Waals surface area contributed by atoms with E-state index in [2.05, 4.69) is 4.90 Å². The van der Waals surface area contributed by atoms with Gasteiger partial charge in [0.15, 0.2) is 0 Å². The monoisotopic (exact) mass is 287 g/mol. The fourth-order valence-corrected chi connectivity index (χ4v) is 2.87. The molecule has 0 saturated carbocycles. The summed E-state index contributed by atoms with van der Waals surface area (Å²) in [5, 5.41) is 10.1. The van der Waals surface area contributed by atoms with Crippen molar-refractivity contribution >= 4 is 29.2 Å². The molecule has 1 saturated heterocycles. The molecule has 1 heterocycles. The van der Waals surface area contributed by atoms with E-state index in [1.54, 1.807) is 6.07 Å². The first kappa shape index (κ1) is 13.7. The van der Waals surface area contributed by atoms with Crippen molar-refractivity contribution in [3.8, 4) is 0 Å². The molecule has 1 atom stereocenters. The van der Waals surface area contributed by atoms with Gasteiger partial charge in [0.2, 0.25) is 0 Å². The molecule has 1 aliphatic heterocycles. The number of halogens is 2. The highest BCUT2D eigenvalue weighted by Gasteiger charge is 2.26. The van der Waals surface area contributed by atoms with Crippen LogP contribution >= 0.6 is 23.2 Å². The van der Waals surface area contributed by atoms with E-state index in [1.165, 1.54) is 0 Å². The number of benzene rings is 1. The van der Waals surface area contributed by atoms with Crippen LogP contribution < -0.4 is 0 Å². The summed E-state index contributed by atoms with van der Waals surface area (Å²) < 4.78 is 0. The topological polar surface area (TPSA) is 40.5 Å². The second-order valence-corrected chi connectivity index (χ2v) is 5.44. The molecule has 0 spiro atoms. The van der Waals surface area contributed by atoms with E-state index >= 15 is 0 Å². The summed E-state index contributed by atoms with van der Waals surface area (Å²) in [6, 6.07) is 5.56. The van der Waals surface area contributed by atoms with Crippen molar-refractivity contribution in [1.82, 2.24) is 4.90 Å². The van der Waals surface area contributed by atoms with Crippen LogP contribution in [0.3, 0.4) is 0 Å². The zero-order valence-corrected chi connectivity index (χ0v) is 11.4. The third kappa shape index (κ3) is 3.37. The first-order chi connectivity index (χ1) is 8.56. The highest BCUT2D eigenvalue weighted by molar-refractivity contribution is 6.35. The van der Waals surface area contributed by atoms with Crippen LogP contribution in [0.2, 0.25) is 10.0 Å². The molecule has 1 N–H and O–H groups in total. The van der Waals surface area contributed by atoms with Gasteiger partial charge >= 0.3 is 5.97 Å². The normalized spacial score (nSPS) is 20.2. The van der Waals surface area contributed by atoms with Crippen LogP contribution in [0.25, 0.3) is 0 Å². The number of aliphatic carboxylic acids is 1. The summed E-state index contributed by atoms with van der Waals surface area (Å²) in [7, 11) is 0. The molecule has 0 radical (unpaired) electrons. The van der Waals surface area contributed by atoms with Crippen molar-refractivity contribution in [2.75, 3.05) is 6.54 Å². The van der Waals surface area contributed by atoms with Crippen LogP contribution in [-0.4, -0.2) is 28.6 Å². The van der Waals surface area contributed by atoms with Crippen molar-refractivity contribution in [2.45, 2.75) is 31.8 Å². The van der Waals surface area contributed by atoms with Gasteiger partial charge in [0, 0.05) is 22.6 Å². The predicted molar refractivity (Wildman–Crippen MR) is 72.1 cm³/mol. The molecular formula is C13H15Cl2NO2. The molecule has 18 heavy (non-hydrogen) atoms. The molecule has 2 rings (SSSR count). The zero-order valence-electron chi connectivity index (χ0n) is 9.90. The van der Waals surface area contributed by atoms with Crippen molar-refractivity contribution in [2.24, 2.45) is 0 Å². The van der Waals surface area contributed by atoms with Gasteiger partial charge < -0.3 is 5.11 Å². The standard InChI is InChI=1S/C13H15Cl2NO2/c14-10-4-3-9(12(15)6-10)8-16-5-1-2-11(16)7-13(17)18/h3-4,6,11H,1-2,5,7-8H2,(H,17,18). The molecule has 1 aliphatic rings. The summed E-state index contributed by atoms with van der Waals surface area (Å²) in [5.41, 5.74) is 0.998. The van der Waals surface area contributed by atoms with E-state index in [0.717, 1.165) is 24.9 Å². The summed E-state index contributed by atoms with van der Waals surface area (Å²) >= 11 is 12.0. The summed E-state index contributed by atoms with van der Waals surface area (Å²) in [6.07, 6.45) is 2.19. The van der Waals surface area contributed by atoms with Crippen molar-refractivity contribution in [1.29, 1.82) is 0 Å². The highest BCUT2D eigenvalue weighted by atomic mass is 35.5. The van der Waals surface area contributed by atoms with Gasteiger partial charge in [-0.25, -0.2) is 0 Å². The molecule has 0 bridgehead atoms. The van der Waals surface area contributed by atoms with Crippen molar-refractivity contribution < 1.29 is 9.90 Å². The van der Waals surface area contributed by atoms with Crippen LogP contribution in [0.1, 0.15) is 24.8 Å². The quantitative estimate of drug-likeness (QED) is 0.922. The van der Waals surface area contributed by atoms with Crippen molar-refractivity contribution in [3.05, 3.63) is 33.8 Å². The second-order valence-electron chi connectivity index (χ2n) is 4.60. The van der Waals surface area contributed by atoms with Crippen LogP contribution in [0, 0.1) is 0 Å². The SMILES string of the molecule is O=C(O)CC1CCCN1Cc1ccc(Cl)cc1Cl. The Bertz CT molecular complexity index is 451. The number of carboxylic acids is 1. The molecule has 0 aromatic heterocycles. The lowest BCUT2D eigenvalue weighted by Gasteiger charge is -2.23. The number of hydrogen-bond acceptors (Lipinski definition) is 2. The average Bonchev–Trinajstić information content (AvgIpc) is 2.69. The Hall–Kier alpha value is -0.770. The van der Waals surface area contributed by atoms with E-state index in [-0.39, 0.29) is 12.5 Å². The van der Waals surface area contributed by atoms with E-state index < -0.39 is 5.97 Å². The zero-order chi connectivity index (χ0) is 13.1. The minimum Gasteiger partial charge on any atom is -0.481 e. The third-order valence-corrected chi connectivity index (χ3v) is 3.88. The van der Waals surface area contributed by atoms with Crippen LogP contribution in [0.5, 0.6) is 0 Å².